The Kier molecular flexibility index (Phi) is 2.17. The van der Waals surface area contributed by atoms with Crippen molar-refractivity contribution in [2.75, 3.05) is 13.2 Å². The predicted octanol–water partition coefficient (Wildman–Crippen LogP) is 1.59. The Labute approximate surface area is 73.1 Å². The first kappa shape index (κ1) is 7.87. The molecule has 1 aliphatic heterocycles. The van der Waals surface area contributed by atoms with Crippen LogP contribution >= 0.6 is 0 Å². The Morgan fingerprint density at radius 3 is 3.33 bits per heavy atom. The summed E-state index contributed by atoms with van der Waals surface area (Å²) in [4.78, 5) is 0. The fourth-order valence-corrected chi connectivity index (χ4v) is 1.78. The first-order valence-corrected chi connectivity index (χ1v) is 4.61. The molecule has 0 fully saturated rings. The van der Waals surface area contributed by atoms with E-state index in [1.165, 1.54) is 11.3 Å². The molecule has 0 amide bonds. The molecule has 0 saturated heterocycles. The Balaban J connectivity index is 2.11. The van der Waals surface area contributed by atoms with Crippen molar-refractivity contribution in [1.82, 2.24) is 0 Å². The quantitative estimate of drug-likeness (QED) is 0.640. The standard InChI is InChI=1S/C10H15NO/c11-6-8-5-9-3-1-2-4-10(9)12-7-8/h1,3,8H,2,4-7,11H2. The third-order valence-corrected chi connectivity index (χ3v) is 2.55. The van der Waals surface area contributed by atoms with E-state index in [1.807, 2.05) is 0 Å². The molecule has 2 aliphatic rings. The summed E-state index contributed by atoms with van der Waals surface area (Å²) in [5.41, 5.74) is 6.98. The predicted molar refractivity (Wildman–Crippen MR) is 48.5 cm³/mol. The van der Waals surface area contributed by atoms with Crippen LogP contribution in [0.15, 0.2) is 23.5 Å². The highest BCUT2D eigenvalue weighted by molar-refractivity contribution is 5.28. The lowest BCUT2D eigenvalue weighted by molar-refractivity contribution is 0.136. The van der Waals surface area contributed by atoms with Crippen LogP contribution in [0.25, 0.3) is 0 Å². The first-order chi connectivity index (χ1) is 5.90. The molecule has 0 aromatic carbocycles. The SMILES string of the molecule is NCC1COC2=C(C=CCC2)C1. The van der Waals surface area contributed by atoms with Gasteiger partial charge in [0.15, 0.2) is 0 Å². The maximum Gasteiger partial charge on any atom is 0.0994 e. The van der Waals surface area contributed by atoms with Gasteiger partial charge in [0.1, 0.15) is 0 Å². The van der Waals surface area contributed by atoms with Gasteiger partial charge in [-0.1, -0.05) is 12.2 Å². The van der Waals surface area contributed by atoms with Gasteiger partial charge in [0.05, 0.1) is 12.4 Å². The molecule has 0 aromatic rings. The van der Waals surface area contributed by atoms with Gasteiger partial charge in [0.2, 0.25) is 0 Å². The van der Waals surface area contributed by atoms with Gasteiger partial charge in [-0.2, -0.15) is 0 Å². The molecule has 66 valence electrons. The molecule has 2 N–H and O–H groups in total. The maximum absolute atomic E-state index is 5.63. The van der Waals surface area contributed by atoms with E-state index in [9.17, 15) is 0 Å². The minimum absolute atomic E-state index is 0.534. The second-order valence-electron chi connectivity index (χ2n) is 3.51. The van der Waals surface area contributed by atoms with Crippen LogP contribution in [0.4, 0.5) is 0 Å². The molecule has 1 atom stereocenters. The third kappa shape index (κ3) is 1.39. The zero-order valence-corrected chi connectivity index (χ0v) is 7.25. The molecule has 2 rings (SSSR count). The molecule has 0 aromatic heterocycles. The molecule has 0 bridgehead atoms. The summed E-state index contributed by atoms with van der Waals surface area (Å²) < 4.78 is 5.63. The van der Waals surface area contributed by atoms with Crippen molar-refractivity contribution < 1.29 is 4.74 Å². The van der Waals surface area contributed by atoms with Crippen LogP contribution in [-0.4, -0.2) is 13.2 Å². The zero-order valence-electron chi connectivity index (χ0n) is 7.25. The zero-order chi connectivity index (χ0) is 8.39. The normalized spacial score (nSPS) is 28.2. The maximum atomic E-state index is 5.63. The Morgan fingerprint density at radius 2 is 2.50 bits per heavy atom. The summed E-state index contributed by atoms with van der Waals surface area (Å²) in [5.74, 6) is 1.74. The van der Waals surface area contributed by atoms with Gasteiger partial charge in [-0.05, 0) is 25.0 Å². The van der Waals surface area contributed by atoms with Gasteiger partial charge < -0.3 is 10.5 Å². The van der Waals surface area contributed by atoms with Crippen molar-refractivity contribution in [2.24, 2.45) is 11.7 Å². The van der Waals surface area contributed by atoms with Crippen LogP contribution in [0.1, 0.15) is 19.3 Å². The van der Waals surface area contributed by atoms with E-state index in [1.54, 1.807) is 0 Å². The molecular formula is C10H15NO. The number of nitrogens with two attached hydrogens (primary N) is 1. The smallest absolute Gasteiger partial charge is 0.0994 e. The minimum Gasteiger partial charge on any atom is -0.497 e. The molecule has 12 heavy (non-hydrogen) atoms. The number of ether oxygens (including phenoxy) is 1. The van der Waals surface area contributed by atoms with E-state index in [-0.39, 0.29) is 0 Å². The lowest BCUT2D eigenvalue weighted by Gasteiger charge is -2.27. The number of rotatable bonds is 1. The van der Waals surface area contributed by atoms with Gasteiger partial charge in [0, 0.05) is 12.3 Å². The molecule has 0 saturated carbocycles. The summed E-state index contributed by atoms with van der Waals surface area (Å²) in [7, 11) is 0. The minimum atomic E-state index is 0.534. The molecule has 1 unspecified atom stereocenters. The van der Waals surface area contributed by atoms with Crippen molar-refractivity contribution >= 4 is 0 Å². The fourth-order valence-electron chi connectivity index (χ4n) is 1.78. The van der Waals surface area contributed by atoms with Crippen molar-refractivity contribution in [3.63, 3.8) is 0 Å². The Bertz CT molecular complexity index is 230. The molecule has 0 spiro atoms. The summed E-state index contributed by atoms with van der Waals surface area (Å²) in [6.07, 6.45) is 7.75. The van der Waals surface area contributed by atoms with E-state index in [0.717, 1.165) is 32.4 Å². The van der Waals surface area contributed by atoms with E-state index in [2.05, 4.69) is 12.2 Å². The van der Waals surface area contributed by atoms with Crippen LogP contribution in [0.5, 0.6) is 0 Å². The van der Waals surface area contributed by atoms with Gasteiger partial charge >= 0.3 is 0 Å². The summed E-state index contributed by atoms with van der Waals surface area (Å²) >= 11 is 0. The highest BCUT2D eigenvalue weighted by Crippen LogP contribution is 2.29. The van der Waals surface area contributed by atoms with Crippen LogP contribution in [0.3, 0.4) is 0 Å². The molecule has 2 heteroatoms. The number of hydrogen-bond acceptors (Lipinski definition) is 2. The molecular weight excluding hydrogens is 150 g/mol. The van der Waals surface area contributed by atoms with Crippen molar-refractivity contribution in [3.8, 4) is 0 Å². The lowest BCUT2D eigenvalue weighted by Crippen LogP contribution is -2.25. The Hall–Kier alpha value is -0.760. The van der Waals surface area contributed by atoms with Crippen LogP contribution in [0.2, 0.25) is 0 Å². The summed E-state index contributed by atoms with van der Waals surface area (Å²) in [5, 5.41) is 0. The second kappa shape index (κ2) is 3.31. The third-order valence-electron chi connectivity index (χ3n) is 2.55. The molecule has 2 nitrogen and oxygen atoms in total. The van der Waals surface area contributed by atoms with Crippen LogP contribution in [0, 0.1) is 5.92 Å². The summed E-state index contributed by atoms with van der Waals surface area (Å²) in [6, 6.07) is 0. The van der Waals surface area contributed by atoms with E-state index in [0.29, 0.717) is 5.92 Å². The topological polar surface area (TPSA) is 35.2 Å². The van der Waals surface area contributed by atoms with Crippen LogP contribution in [-0.2, 0) is 4.74 Å². The van der Waals surface area contributed by atoms with E-state index >= 15 is 0 Å². The fraction of sp³-hybridized carbons (Fsp3) is 0.600. The highest BCUT2D eigenvalue weighted by atomic mass is 16.5. The van der Waals surface area contributed by atoms with Gasteiger partial charge in [-0.15, -0.1) is 0 Å². The molecule has 0 radical (unpaired) electrons. The van der Waals surface area contributed by atoms with Gasteiger partial charge in [-0.25, -0.2) is 0 Å². The molecule has 1 aliphatic carbocycles. The average Bonchev–Trinajstić information content (AvgIpc) is 2.17. The van der Waals surface area contributed by atoms with E-state index in [4.69, 9.17) is 10.5 Å². The van der Waals surface area contributed by atoms with Crippen molar-refractivity contribution in [2.45, 2.75) is 19.3 Å². The van der Waals surface area contributed by atoms with Crippen molar-refractivity contribution in [1.29, 1.82) is 0 Å². The Morgan fingerprint density at radius 1 is 1.58 bits per heavy atom. The number of hydrogen-bond donors (Lipinski definition) is 1. The van der Waals surface area contributed by atoms with Crippen LogP contribution < -0.4 is 5.73 Å². The number of allylic oxidation sites excluding steroid dienone is 4. The molecule has 1 heterocycles. The summed E-state index contributed by atoms with van der Waals surface area (Å²) in [6.45, 7) is 1.56. The van der Waals surface area contributed by atoms with Gasteiger partial charge in [-0.3, -0.25) is 0 Å². The largest absolute Gasteiger partial charge is 0.497 e. The average molecular weight is 165 g/mol. The first-order valence-electron chi connectivity index (χ1n) is 4.61. The highest BCUT2D eigenvalue weighted by Gasteiger charge is 2.20. The van der Waals surface area contributed by atoms with Crippen molar-refractivity contribution in [3.05, 3.63) is 23.5 Å². The monoisotopic (exact) mass is 165 g/mol. The van der Waals surface area contributed by atoms with Gasteiger partial charge in [0.25, 0.3) is 0 Å². The second-order valence-corrected chi connectivity index (χ2v) is 3.51. The lowest BCUT2D eigenvalue weighted by atomic mass is 9.92. The van der Waals surface area contributed by atoms with E-state index < -0.39 is 0 Å².